The van der Waals surface area contributed by atoms with Crippen molar-refractivity contribution in [2.75, 3.05) is 19.7 Å². The maximum atomic E-state index is 13.8. The Kier molecular flexibility index (Phi) is 6.07. The summed E-state index contributed by atoms with van der Waals surface area (Å²) in [6.45, 7) is 3.04. The number of benzene rings is 1. The van der Waals surface area contributed by atoms with Crippen molar-refractivity contribution in [1.82, 2.24) is 4.90 Å². The summed E-state index contributed by atoms with van der Waals surface area (Å²) in [7, 11) is 0. The summed E-state index contributed by atoms with van der Waals surface area (Å²) < 4.78 is 32.2. The van der Waals surface area contributed by atoms with Gasteiger partial charge in [0.05, 0.1) is 12.2 Å². The van der Waals surface area contributed by atoms with Crippen molar-refractivity contribution in [2.45, 2.75) is 32.6 Å². The van der Waals surface area contributed by atoms with Gasteiger partial charge in [-0.25, -0.2) is 13.6 Å². The first kappa shape index (κ1) is 17.4. The molecular formula is C17H21F2NO3. The van der Waals surface area contributed by atoms with Crippen molar-refractivity contribution >= 4 is 11.9 Å². The minimum absolute atomic E-state index is 0.180. The minimum atomic E-state index is -1.12. The molecule has 0 radical (unpaired) electrons. The van der Waals surface area contributed by atoms with E-state index in [4.69, 9.17) is 4.74 Å². The number of ether oxygens (including phenoxy) is 1. The number of nitrogens with zero attached hydrogens (tertiary/aromatic N) is 1. The Bertz CT molecular complexity index is 577. The number of likely N-dealkylation sites (tertiary alicyclic amines) is 1. The summed E-state index contributed by atoms with van der Waals surface area (Å²) in [5.74, 6) is -3.16. The highest BCUT2D eigenvalue weighted by Crippen LogP contribution is 2.23. The van der Waals surface area contributed by atoms with E-state index < -0.39 is 29.4 Å². The number of unbranched alkanes of at least 4 members (excludes halogenated alkanes) is 1. The number of halogens is 2. The van der Waals surface area contributed by atoms with E-state index in [0.29, 0.717) is 26.0 Å². The van der Waals surface area contributed by atoms with Crippen molar-refractivity contribution in [2.24, 2.45) is 5.92 Å². The predicted molar refractivity (Wildman–Crippen MR) is 81.2 cm³/mol. The second-order valence-electron chi connectivity index (χ2n) is 5.72. The van der Waals surface area contributed by atoms with E-state index >= 15 is 0 Å². The van der Waals surface area contributed by atoms with Gasteiger partial charge in [-0.15, -0.1) is 0 Å². The molecule has 0 N–H and O–H groups in total. The van der Waals surface area contributed by atoms with Crippen LogP contribution >= 0.6 is 0 Å². The van der Waals surface area contributed by atoms with Crippen LogP contribution in [0.2, 0.25) is 0 Å². The number of Topliss-reactive ketones (excluding diaryl/α,β-unsaturated/α-hetero) is 1. The van der Waals surface area contributed by atoms with Gasteiger partial charge in [-0.2, -0.15) is 0 Å². The zero-order valence-corrected chi connectivity index (χ0v) is 13.2. The van der Waals surface area contributed by atoms with Crippen LogP contribution in [0.25, 0.3) is 0 Å². The monoisotopic (exact) mass is 325 g/mol. The standard InChI is InChI=1S/C17H21F2NO3/c1-2-3-10-23-17(22)20-9-5-6-12(11-20)16(21)13-7-4-8-14(18)15(13)19/h4,7-8,12H,2-3,5-6,9-11H2,1H3. The van der Waals surface area contributed by atoms with Gasteiger partial charge in [0.25, 0.3) is 0 Å². The number of piperidine rings is 1. The van der Waals surface area contributed by atoms with Gasteiger partial charge in [0, 0.05) is 19.0 Å². The van der Waals surface area contributed by atoms with Crippen LogP contribution in [0.3, 0.4) is 0 Å². The Balaban J connectivity index is 2.01. The van der Waals surface area contributed by atoms with Crippen molar-refractivity contribution in [1.29, 1.82) is 0 Å². The predicted octanol–water partition coefficient (Wildman–Crippen LogP) is 3.80. The summed E-state index contributed by atoms with van der Waals surface area (Å²) in [5.41, 5.74) is -0.254. The molecule has 1 amide bonds. The average molecular weight is 325 g/mol. The Morgan fingerprint density at radius 1 is 1.35 bits per heavy atom. The topological polar surface area (TPSA) is 46.6 Å². The molecule has 1 heterocycles. The first-order valence-electron chi connectivity index (χ1n) is 7.94. The van der Waals surface area contributed by atoms with Crippen LogP contribution in [0.4, 0.5) is 13.6 Å². The Morgan fingerprint density at radius 2 is 2.13 bits per heavy atom. The van der Waals surface area contributed by atoms with Crippen LogP contribution in [0.1, 0.15) is 43.0 Å². The molecule has 2 rings (SSSR count). The molecule has 6 heteroatoms. The van der Waals surface area contributed by atoms with Crippen molar-refractivity contribution in [3.63, 3.8) is 0 Å². The first-order valence-corrected chi connectivity index (χ1v) is 7.94. The Hall–Kier alpha value is -1.98. The van der Waals surface area contributed by atoms with Gasteiger partial charge in [-0.05, 0) is 31.4 Å². The molecule has 0 bridgehead atoms. The normalized spacial score (nSPS) is 17.9. The molecule has 1 aromatic rings. The number of hydrogen-bond acceptors (Lipinski definition) is 3. The van der Waals surface area contributed by atoms with E-state index in [1.165, 1.54) is 17.0 Å². The second-order valence-corrected chi connectivity index (χ2v) is 5.72. The number of carbonyl (C=O) groups excluding carboxylic acids is 2. The molecule has 1 saturated heterocycles. The summed E-state index contributed by atoms with van der Waals surface area (Å²) >= 11 is 0. The average Bonchev–Trinajstić information content (AvgIpc) is 2.57. The lowest BCUT2D eigenvalue weighted by atomic mass is 9.90. The minimum Gasteiger partial charge on any atom is -0.449 e. The molecule has 1 atom stereocenters. The van der Waals surface area contributed by atoms with Gasteiger partial charge in [-0.3, -0.25) is 4.79 Å². The van der Waals surface area contributed by atoms with Gasteiger partial charge >= 0.3 is 6.09 Å². The van der Waals surface area contributed by atoms with Crippen LogP contribution in [-0.2, 0) is 4.74 Å². The summed E-state index contributed by atoms with van der Waals surface area (Å²) in [6.07, 6.45) is 2.45. The molecule has 1 aliphatic heterocycles. The molecular weight excluding hydrogens is 304 g/mol. The fraction of sp³-hybridized carbons (Fsp3) is 0.529. The van der Waals surface area contributed by atoms with Crippen molar-refractivity contribution in [3.05, 3.63) is 35.4 Å². The van der Waals surface area contributed by atoms with Gasteiger partial charge < -0.3 is 9.64 Å². The van der Waals surface area contributed by atoms with E-state index in [9.17, 15) is 18.4 Å². The number of carbonyl (C=O) groups is 2. The van der Waals surface area contributed by atoms with E-state index in [1.807, 2.05) is 6.92 Å². The van der Waals surface area contributed by atoms with Gasteiger partial charge in [0.2, 0.25) is 0 Å². The lowest BCUT2D eigenvalue weighted by Gasteiger charge is -2.31. The van der Waals surface area contributed by atoms with Gasteiger partial charge in [0.1, 0.15) is 0 Å². The fourth-order valence-electron chi connectivity index (χ4n) is 2.67. The third-order valence-electron chi connectivity index (χ3n) is 3.99. The zero-order chi connectivity index (χ0) is 16.8. The van der Waals surface area contributed by atoms with Crippen molar-refractivity contribution in [3.8, 4) is 0 Å². The highest BCUT2D eigenvalue weighted by atomic mass is 19.2. The molecule has 1 fully saturated rings. The number of hydrogen-bond donors (Lipinski definition) is 0. The lowest BCUT2D eigenvalue weighted by molar-refractivity contribution is 0.0706. The molecule has 4 nitrogen and oxygen atoms in total. The molecule has 0 saturated carbocycles. The quantitative estimate of drug-likeness (QED) is 0.611. The molecule has 23 heavy (non-hydrogen) atoms. The SMILES string of the molecule is CCCCOC(=O)N1CCCC(C(=O)c2cccc(F)c2F)C1. The molecule has 126 valence electrons. The van der Waals surface area contributed by atoms with Crippen LogP contribution in [0.5, 0.6) is 0 Å². The van der Waals surface area contributed by atoms with Crippen LogP contribution in [0, 0.1) is 17.6 Å². The number of amides is 1. The molecule has 0 spiro atoms. The highest BCUT2D eigenvalue weighted by Gasteiger charge is 2.31. The first-order chi connectivity index (χ1) is 11.0. The Labute approximate surface area is 134 Å². The van der Waals surface area contributed by atoms with E-state index in [-0.39, 0.29) is 12.1 Å². The maximum Gasteiger partial charge on any atom is 0.409 e. The molecule has 0 aliphatic carbocycles. The molecule has 1 aromatic carbocycles. The molecule has 0 aromatic heterocycles. The zero-order valence-electron chi connectivity index (χ0n) is 13.2. The third kappa shape index (κ3) is 4.27. The Morgan fingerprint density at radius 3 is 2.87 bits per heavy atom. The van der Waals surface area contributed by atoms with Crippen molar-refractivity contribution < 1.29 is 23.1 Å². The second kappa shape index (κ2) is 8.04. The smallest absolute Gasteiger partial charge is 0.409 e. The van der Waals surface area contributed by atoms with Crippen LogP contribution < -0.4 is 0 Å². The van der Waals surface area contributed by atoms with E-state index in [1.54, 1.807) is 0 Å². The third-order valence-corrected chi connectivity index (χ3v) is 3.99. The molecule has 1 unspecified atom stereocenters. The summed E-state index contributed by atoms with van der Waals surface area (Å²) in [4.78, 5) is 25.8. The number of ketones is 1. The number of rotatable bonds is 5. The highest BCUT2D eigenvalue weighted by molar-refractivity contribution is 5.98. The van der Waals surface area contributed by atoms with Crippen LogP contribution in [0.15, 0.2) is 18.2 Å². The molecule has 1 aliphatic rings. The summed E-state index contributed by atoms with van der Waals surface area (Å²) in [5, 5.41) is 0. The van der Waals surface area contributed by atoms with Gasteiger partial charge in [0.15, 0.2) is 17.4 Å². The van der Waals surface area contributed by atoms with E-state index in [0.717, 1.165) is 18.9 Å². The van der Waals surface area contributed by atoms with E-state index in [2.05, 4.69) is 0 Å². The van der Waals surface area contributed by atoms with Crippen LogP contribution in [-0.4, -0.2) is 36.5 Å². The fourth-order valence-corrected chi connectivity index (χ4v) is 2.67. The maximum absolute atomic E-state index is 13.8. The summed E-state index contributed by atoms with van der Waals surface area (Å²) in [6, 6.07) is 3.56. The van der Waals surface area contributed by atoms with Gasteiger partial charge in [-0.1, -0.05) is 19.4 Å². The largest absolute Gasteiger partial charge is 0.449 e. The lowest BCUT2D eigenvalue weighted by Crippen LogP contribution is -2.42.